The predicted octanol–water partition coefficient (Wildman–Crippen LogP) is 5.80. The fourth-order valence-electron chi connectivity index (χ4n) is 4.12. The molecule has 0 spiro atoms. The van der Waals surface area contributed by atoms with Gasteiger partial charge in [-0.25, -0.2) is 4.98 Å². The number of hydrogen-bond donors (Lipinski definition) is 0. The third-order valence-electron chi connectivity index (χ3n) is 5.64. The zero-order chi connectivity index (χ0) is 19.4. The molecule has 0 saturated heterocycles. The van der Waals surface area contributed by atoms with Crippen molar-refractivity contribution in [3.05, 3.63) is 58.6 Å². The van der Waals surface area contributed by atoms with Crippen molar-refractivity contribution < 1.29 is 0 Å². The predicted molar refractivity (Wildman–Crippen MR) is 112 cm³/mol. The summed E-state index contributed by atoms with van der Waals surface area (Å²) in [6.07, 6.45) is 6.20. The van der Waals surface area contributed by atoms with E-state index in [9.17, 15) is 5.26 Å². The first-order valence-corrected chi connectivity index (χ1v) is 9.89. The van der Waals surface area contributed by atoms with Crippen LogP contribution in [0.1, 0.15) is 29.8 Å². The lowest BCUT2D eigenvalue weighted by molar-refractivity contribution is 0.662. The molecule has 0 atom stereocenters. The largest absolute Gasteiger partial charge is 0.338 e. The summed E-state index contributed by atoms with van der Waals surface area (Å²) >= 11 is 6.54. The molecule has 1 saturated carbocycles. The number of benzene rings is 1. The van der Waals surface area contributed by atoms with Crippen LogP contribution in [0.5, 0.6) is 0 Å². The highest BCUT2D eigenvalue weighted by molar-refractivity contribution is 6.32. The van der Waals surface area contributed by atoms with Crippen LogP contribution in [-0.2, 0) is 6.54 Å². The van der Waals surface area contributed by atoms with Gasteiger partial charge in [-0.1, -0.05) is 11.6 Å². The van der Waals surface area contributed by atoms with Crippen molar-refractivity contribution in [3.8, 4) is 17.2 Å². The van der Waals surface area contributed by atoms with Crippen LogP contribution in [0, 0.1) is 31.1 Å². The molecule has 1 fully saturated rings. The number of aryl methyl sites for hydroxylation is 2. The highest BCUT2D eigenvalue weighted by atomic mass is 35.5. The maximum atomic E-state index is 9.23. The monoisotopic (exact) mass is 386 g/mol. The van der Waals surface area contributed by atoms with Crippen molar-refractivity contribution in [1.29, 1.82) is 5.26 Å². The third kappa shape index (κ3) is 2.66. The first kappa shape index (κ1) is 17.2. The van der Waals surface area contributed by atoms with Gasteiger partial charge in [0.2, 0.25) is 0 Å². The zero-order valence-electron chi connectivity index (χ0n) is 15.8. The molecule has 28 heavy (non-hydrogen) atoms. The van der Waals surface area contributed by atoms with Crippen LogP contribution in [0.15, 0.2) is 36.7 Å². The second-order valence-corrected chi connectivity index (χ2v) is 8.13. The molecule has 0 bridgehead atoms. The van der Waals surface area contributed by atoms with Gasteiger partial charge in [0, 0.05) is 45.9 Å². The van der Waals surface area contributed by atoms with Gasteiger partial charge in [-0.15, -0.1) is 0 Å². The first-order valence-electron chi connectivity index (χ1n) is 9.51. The number of fused-ring (bicyclic) bond motifs is 3. The smallest absolute Gasteiger partial charge is 0.143 e. The van der Waals surface area contributed by atoms with E-state index in [2.05, 4.69) is 39.7 Å². The van der Waals surface area contributed by atoms with Crippen molar-refractivity contribution in [3.63, 3.8) is 0 Å². The van der Waals surface area contributed by atoms with Crippen molar-refractivity contribution in [1.82, 2.24) is 14.5 Å². The van der Waals surface area contributed by atoms with Crippen LogP contribution < -0.4 is 0 Å². The molecule has 0 aliphatic heterocycles. The van der Waals surface area contributed by atoms with Crippen LogP contribution in [0.25, 0.3) is 32.9 Å². The first-order chi connectivity index (χ1) is 13.6. The molecule has 4 aromatic rings. The van der Waals surface area contributed by atoms with Gasteiger partial charge >= 0.3 is 0 Å². The second-order valence-electron chi connectivity index (χ2n) is 7.70. The summed E-state index contributed by atoms with van der Waals surface area (Å²) in [7, 11) is 0. The van der Waals surface area contributed by atoms with E-state index >= 15 is 0 Å². The molecule has 1 aliphatic rings. The van der Waals surface area contributed by atoms with Gasteiger partial charge in [0.05, 0.1) is 16.7 Å². The summed E-state index contributed by atoms with van der Waals surface area (Å²) < 4.78 is 2.42. The Morgan fingerprint density at radius 2 is 1.96 bits per heavy atom. The van der Waals surface area contributed by atoms with Crippen LogP contribution in [-0.4, -0.2) is 14.5 Å². The van der Waals surface area contributed by atoms with Gasteiger partial charge in [-0.05, 0) is 62.4 Å². The number of nitriles is 1. The van der Waals surface area contributed by atoms with E-state index in [1.54, 1.807) is 6.20 Å². The standard InChI is InChI=1S/C23H19ClN4/c1-13-7-16(11-27-21(13)10-25)19-8-17(24)9-20-18-5-6-26-14(2)22(18)28(23(19)20)12-15-3-4-15/h5-9,11,15H,3-4,12H2,1-2H3. The van der Waals surface area contributed by atoms with Crippen molar-refractivity contribution in [2.75, 3.05) is 0 Å². The number of hydrogen-bond acceptors (Lipinski definition) is 3. The summed E-state index contributed by atoms with van der Waals surface area (Å²) in [5.74, 6) is 0.725. The highest BCUT2D eigenvalue weighted by Gasteiger charge is 2.26. The van der Waals surface area contributed by atoms with E-state index in [1.165, 1.54) is 29.3 Å². The Kier molecular flexibility index (Phi) is 3.89. The molecule has 1 aromatic carbocycles. The number of nitrogens with zero attached hydrogens (tertiary/aromatic N) is 4. The van der Waals surface area contributed by atoms with E-state index < -0.39 is 0 Å². The van der Waals surface area contributed by atoms with E-state index in [1.807, 2.05) is 25.3 Å². The van der Waals surface area contributed by atoms with Crippen LogP contribution >= 0.6 is 11.6 Å². The summed E-state index contributed by atoms with van der Waals surface area (Å²) in [6.45, 7) is 4.98. The number of pyridine rings is 2. The van der Waals surface area contributed by atoms with Gasteiger partial charge in [-0.3, -0.25) is 4.98 Å². The molecule has 0 N–H and O–H groups in total. The molecule has 1 aliphatic carbocycles. The molecular formula is C23H19ClN4. The van der Waals surface area contributed by atoms with E-state index in [4.69, 9.17) is 11.6 Å². The molecule has 5 rings (SSSR count). The van der Waals surface area contributed by atoms with E-state index in [0.29, 0.717) is 10.7 Å². The molecule has 138 valence electrons. The number of halogens is 1. The summed E-state index contributed by atoms with van der Waals surface area (Å²) in [4.78, 5) is 8.91. The van der Waals surface area contributed by atoms with Crippen LogP contribution in [0.4, 0.5) is 0 Å². The Morgan fingerprint density at radius 1 is 1.14 bits per heavy atom. The lowest BCUT2D eigenvalue weighted by Gasteiger charge is -2.12. The molecule has 0 radical (unpaired) electrons. The average molecular weight is 387 g/mol. The van der Waals surface area contributed by atoms with Crippen molar-refractivity contribution in [2.24, 2.45) is 5.92 Å². The topological polar surface area (TPSA) is 54.5 Å². The minimum atomic E-state index is 0.459. The van der Waals surface area contributed by atoms with Crippen molar-refractivity contribution >= 4 is 33.4 Å². The molecule has 0 unspecified atom stereocenters. The summed E-state index contributed by atoms with van der Waals surface area (Å²) in [5, 5.41) is 12.3. The van der Waals surface area contributed by atoms with E-state index in [-0.39, 0.29) is 0 Å². The fourth-order valence-corrected chi connectivity index (χ4v) is 4.34. The van der Waals surface area contributed by atoms with Gasteiger partial charge in [0.1, 0.15) is 11.8 Å². The molecule has 3 heterocycles. The van der Waals surface area contributed by atoms with Gasteiger partial charge < -0.3 is 4.57 Å². The SMILES string of the molecule is Cc1cc(-c2cc(Cl)cc3c4ccnc(C)c4n(CC4CC4)c23)cnc1C#N. The Hall–Kier alpha value is -2.90. The minimum absolute atomic E-state index is 0.459. The maximum Gasteiger partial charge on any atom is 0.143 e. The average Bonchev–Trinajstić information content (AvgIpc) is 3.44. The van der Waals surface area contributed by atoms with Gasteiger partial charge in [0.15, 0.2) is 0 Å². The highest BCUT2D eigenvalue weighted by Crippen LogP contribution is 2.41. The Morgan fingerprint density at radius 3 is 2.68 bits per heavy atom. The lowest BCUT2D eigenvalue weighted by atomic mass is 10.0. The molecule has 3 aromatic heterocycles. The fraction of sp³-hybridized carbons (Fsp3) is 0.261. The minimum Gasteiger partial charge on any atom is -0.338 e. The normalized spacial score (nSPS) is 13.9. The van der Waals surface area contributed by atoms with E-state index in [0.717, 1.165) is 40.2 Å². The Bertz CT molecular complexity index is 1290. The molecule has 4 nitrogen and oxygen atoms in total. The van der Waals surface area contributed by atoms with Gasteiger partial charge in [0.25, 0.3) is 0 Å². The second kappa shape index (κ2) is 6.32. The maximum absolute atomic E-state index is 9.23. The Labute approximate surface area is 168 Å². The zero-order valence-corrected chi connectivity index (χ0v) is 16.6. The number of aromatic nitrogens is 3. The van der Waals surface area contributed by atoms with Crippen LogP contribution in [0.3, 0.4) is 0 Å². The third-order valence-corrected chi connectivity index (χ3v) is 5.86. The molecule has 5 heteroatoms. The van der Waals surface area contributed by atoms with Crippen LogP contribution in [0.2, 0.25) is 5.02 Å². The Balaban J connectivity index is 1.89. The summed E-state index contributed by atoms with van der Waals surface area (Å²) in [5.41, 5.74) is 6.76. The number of rotatable bonds is 3. The van der Waals surface area contributed by atoms with Gasteiger partial charge in [-0.2, -0.15) is 5.26 Å². The molecule has 0 amide bonds. The van der Waals surface area contributed by atoms with Crippen molar-refractivity contribution in [2.45, 2.75) is 33.2 Å². The summed E-state index contributed by atoms with van der Waals surface area (Å²) in [6, 6.07) is 10.3. The molecular weight excluding hydrogens is 368 g/mol. The quantitative estimate of drug-likeness (QED) is 0.447. The lowest BCUT2D eigenvalue weighted by Crippen LogP contribution is -2.02.